The molecule has 1 heterocycles. The van der Waals surface area contributed by atoms with E-state index in [-0.39, 0.29) is 17.5 Å². The number of nitrogens with one attached hydrogen (secondary N) is 3. The molecule has 0 atom stereocenters. The molecule has 0 saturated heterocycles. The summed E-state index contributed by atoms with van der Waals surface area (Å²) in [6, 6.07) is 5.53. The molecule has 4 bridgehead atoms. The number of hydrogen-bond acceptors (Lipinski definition) is 2. The fourth-order valence-electron chi connectivity index (χ4n) is 5.69. The van der Waals surface area contributed by atoms with Crippen molar-refractivity contribution in [3.63, 3.8) is 0 Å². The first kappa shape index (κ1) is 13.4. The van der Waals surface area contributed by atoms with Gasteiger partial charge in [-0.25, -0.2) is 4.79 Å². The van der Waals surface area contributed by atoms with Gasteiger partial charge in [0.2, 0.25) is 5.91 Å². The predicted molar refractivity (Wildman–Crippen MR) is 88.1 cm³/mol. The molecule has 1 aromatic heterocycles. The van der Waals surface area contributed by atoms with E-state index >= 15 is 0 Å². The standard InChI is InChI=1S/C18H21N3O2/c22-17(16-11-4-9-3-10(6-11)7-12(16)5-9)19-13-1-2-14-15(8-13)21-18(23)20-14/h1-2,8-12,16H,3-7H2,(H,19,22)(H2,20,21,23). The Labute approximate surface area is 133 Å². The molecule has 4 fully saturated rings. The van der Waals surface area contributed by atoms with E-state index in [1.807, 2.05) is 18.2 Å². The van der Waals surface area contributed by atoms with Gasteiger partial charge in [-0.1, -0.05) is 0 Å². The average Bonchev–Trinajstić information content (AvgIpc) is 2.85. The van der Waals surface area contributed by atoms with Gasteiger partial charge >= 0.3 is 5.69 Å². The Morgan fingerprint density at radius 2 is 1.61 bits per heavy atom. The number of imidazole rings is 1. The number of aromatic nitrogens is 2. The zero-order valence-electron chi connectivity index (χ0n) is 13.0. The van der Waals surface area contributed by atoms with Crippen LogP contribution in [-0.4, -0.2) is 15.9 Å². The van der Waals surface area contributed by atoms with E-state index < -0.39 is 0 Å². The van der Waals surface area contributed by atoms with E-state index in [9.17, 15) is 9.59 Å². The lowest BCUT2D eigenvalue weighted by Gasteiger charge is -2.53. The lowest BCUT2D eigenvalue weighted by atomic mass is 9.51. The minimum atomic E-state index is -0.218. The molecular formula is C18H21N3O2. The van der Waals surface area contributed by atoms with Crippen LogP contribution in [0.1, 0.15) is 32.1 Å². The molecule has 6 rings (SSSR count). The van der Waals surface area contributed by atoms with Crippen LogP contribution in [0.15, 0.2) is 23.0 Å². The third-order valence-corrected chi connectivity index (χ3v) is 6.31. The molecule has 0 aliphatic heterocycles. The summed E-state index contributed by atoms with van der Waals surface area (Å²) in [5.74, 6) is 3.29. The number of H-pyrrole nitrogens is 2. The molecule has 5 nitrogen and oxygen atoms in total. The van der Waals surface area contributed by atoms with Crippen molar-refractivity contribution in [2.24, 2.45) is 29.6 Å². The highest BCUT2D eigenvalue weighted by Crippen LogP contribution is 2.56. The fraction of sp³-hybridized carbons (Fsp3) is 0.556. The van der Waals surface area contributed by atoms with Crippen LogP contribution in [0.5, 0.6) is 0 Å². The first-order chi connectivity index (χ1) is 11.2. The third kappa shape index (κ3) is 2.13. The number of benzene rings is 1. The van der Waals surface area contributed by atoms with Gasteiger partial charge < -0.3 is 15.3 Å². The number of carbonyl (C=O) groups is 1. The van der Waals surface area contributed by atoms with Crippen LogP contribution < -0.4 is 11.0 Å². The van der Waals surface area contributed by atoms with Crippen LogP contribution in [0, 0.1) is 29.6 Å². The van der Waals surface area contributed by atoms with Gasteiger partial charge in [-0.2, -0.15) is 0 Å². The fourth-order valence-corrected chi connectivity index (χ4v) is 5.69. The molecule has 2 aromatic rings. The highest BCUT2D eigenvalue weighted by Gasteiger charge is 2.50. The predicted octanol–water partition coefficient (Wildman–Crippen LogP) is 2.87. The summed E-state index contributed by atoms with van der Waals surface area (Å²) in [5.41, 5.74) is 2.05. The molecule has 4 saturated carbocycles. The van der Waals surface area contributed by atoms with Crippen molar-refractivity contribution in [2.45, 2.75) is 32.1 Å². The van der Waals surface area contributed by atoms with Crippen LogP contribution in [0.4, 0.5) is 5.69 Å². The maximum Gasteiger partial charge on any atom is 0.323 e. The zero-order valence-corrected chi connectivity index (χ0v) is 13.0. The number of anilines is 1. The van der Waals surface area contributed by atoms with Crippen LogP contribution >= 0.6 is 0 Å². The summed E-state index contributed by atoms with van der Waals surface area (Å²) in [4.78, 5) is 29.7. The number of carbonyl (C=O) groups excluding carboxylic acids is 1. The minimum Gasteiger partial charge on any atom is -0.326 e. The Morgan fingerprint density at radius 1 is 0.957 bits per heavy atom. The zero-order chi connectivity index (χ0) is 15.6. The minimum absolute atomic E-state index is 0.177. The van der Waals surface area contributed by atoms with Gasteiger partial charge in [-0.15, -0.1) is 0 Å². The quantitative estimate of drug-likeness (QED) is 0.797. The van der Waals surface area contributed by atoms with Crippen molar-refractivity contribution in [2.75, 3.05) is 5.32 Å². The smallest absolute Gasteiger partial charge is 0.323 e. The van der Waals surface area contributed by atoms with Gasteiger partial charge in [-0.05, 0) is 74.0 Å². The summed E-state index contributed by atoms with van der Waals surface area (Å²) in [6.45, 7) is 0. The lowest BCUT2D eigenvalue weighted by Crippen LogP contribution is -2.49. The van der Waals surface area contributed by atoms with Crippen molar-refractivity contribution in [1.82, 2.24) is 9.97 Å². The van der Waals surface area contributed by atoms with Crippen molar-refractivity contribution in [3.05, 3.63) is 28.7 Å². The Bertz CT molecular complexity index is 806. The van der Waals surface area contributed by atoms with E-state index in [4.69, 9.17) is 0 Å². The molecule has 5 heteroatoms. The molecule has 0 spiro atoms. The second-order valence-corrected chi connectivity index (χ2v) is 7.79. The molecule has 3 N–H and O–H groups in total. The van der Waals surface area contributed by atoms with Gasteiger partial charge in [0, 0.05) is 11.6 Å². The first-order valence-electron chi connectivity index (χ1n) is 8.68. The maximum absolute atomic E-state index is 12.9. The first-order valence-corrected chi connectivity index (χ1v) is 8.68. The highest BCUT2D eigenvalue weighted by atomic mass is 16.2. The van der Waals surface area contributed by atoms with E-state index in [0.29, 0.717) is 11.8 Å². The average molecular weight is 311 g/mol. The van der Waals surface area contributed by atoms with Crippen LogP contribution in [0.2, 0.25) is 0 Å². The number of hydrogen-bond donors (Lipinski definition) is 3. The molecule has 1 amide bonds. The number of amides is 1. The summed E-state index contributed by atoms with van der Waals surface area (Å²) in [6.07, 6.45) is 6.38. The van der Waals surface area contributed by atoms with E-state index in [0.717, 1.165) is 28.6 Å². The summed E-state index contributed by atoms with van der Waals surface area (Å²) in [5, 5.41) is 3.10. The highest BCUT2D eigenvalue weighted by molar-refractivity contribution is 5.95. The van der Waals surface area contributed by atoms with Crippen molar-refractivity contribution in [3.8, 4) is 0 Å². The Balaban J connectivity index is 1.39. The summed E-state index contributed by atoms with van der Waals surface area (Å²) in [7, 11) is 0. The topological polar surface area (TPSA) is 77.8 Å². The van der Waals surface area contributed by atoms with Crippen LogP contribution in [-0.2, 0) is 4.79 Å². The largest absolute Gasteiger partial charge is 0.326 e. The van der Waals surface area contributed by atoms with Crippen molar-refractivity contribution < 1.29 is 4.79 Å². The Hall–Kier alpha value is -2.04. The van der Waals surface area contributed by atoms with Gasteiger partial charge in [0.25, 0.3) is 0 Å². The molecule has 4 aliphatic carbocycles. The van der Waals surface area contributed by atoms with Crippen LogP contribution in [0.3, 0.4) is 0 Å². The molecule has 0 unspecified atom stereocenters. The third-order valence-electron chi connectivity index (χ3n) is 6.31. The number of rotatable bonds is 2. The van der Waals surface area contributed by atoms with Crippen LogP contribution in [0.25, 0.3) is 11.0 Å². The second-order valence-electron chi connectivity index (χ2n) is 7.79. The van der Waals surface area contributed by atoms with Gasteiger partial charge in [-0.3, -0.25) is 4.79 Å². The maximum atomic E-state index is 12.9. The number of aromatic amines is 2. The number of fused-ring (bicyclic) bond motifs is 1. The van der Waals surface area contributed by atoms with E-state index in [1.165, 1.54) is 32.1 Å². The van der Waals surface area contributed by atoms with Crippen molar-refractivity contribution in [1.29, 1.82) is 0 Å². The van der Waals surface area contributed by atoms with Gasteiger partial charge in [0.15, 0.2) is 0 Å². The van der Waals surface area contributed by atoms with E-state index in [1.54, 1.807) is 0 Å². The van der Waals surface area contributed by atoms with E-state index in [2.05, 4.69) is 15.3 Å². The molecule has 120 valence electrons. The SMILES string of the molecule is O=C(Nc1ccc2[nH]c(=O)[nH]c2c1)C1C2CC3CC(C2)CC1C3. The lowest BCUT2D eigenvalue weighted by molar-refractivity contribution is -0.132. The molecule has 4 aliphatic rings. The summed E-state index contributed by atoms with van der Waals surface area (Å²) >= 11 is 0. The molecule has 1 aromatic carbocycles. The normalized spacial score (nSPS) is 34.9. The summed E-state index contributed by atoms with van der Waals surface area (Å²) < 4.78 is 0. The molecular weight excluding hydrogens is 290 g/mol. The Morgan fingerprint density at radius 3 is 2.30 bits per heavy atom. The van der Waals surface area contributed by atoms with Crippen molar-refractivity contribution >= 4 is 22.6 Å². The van der Waals surface area contributed by atoms with Gasteiger partial charge in [0.05, 0.1) is 11.0 Å². The molecule has 0 radical (unpaired) electrons. The van der Waals surface area contributed by atoms with Gasteiger partial charge in [0.1, 0.15) is 0 Å². The Kier molecular flexibility index (Phi) is 2.75. The monoisotopic (exact) mass is 311 g/mol. The second kappa shape index (κ2) is 4.73. The molecule has 23 heavy (non-hydrogen) atoms.